The molecule has 2 aromatic heterocycles. The molecule has 0 fully saturated rings. The highest BCUT2D eigenvalue weighted by atomic mass is 32.2. The van der Waals surface area contributed by atoms with Crippen LogP contribution in [0.2, 0.25) is 0 Å². The molecule has 0 aliphatic carbocycles. The summed E-state index contributed by atoms with van der Waals surface area (Å²) >= 11 is 0. The Hall–Kier alpha value is -2.19. The van der Waals surface area contributed by atoms with Gasteiger partial charge in [0.05, 0.1) is 6.04 Å². The van der Waals surface area contributed by atoms with Crippen LogP contribution in [0, 0.1) is 0 Å². The number of carbonyl (C=O) groups is 1. The van der Waals surface area contributed by atoms with Gasteiger partial charge < -0.3 is 9.73 Å². The molecular weight excluding hydrogens is 294 g/mol. The van der Waals surface area contributed by atoms with Gasteiger partial charge in [0, 0.05) is 12.4 Å². The van der Waals surface area contributed by atoms with Crippen molar-refractivity contribution in [3.05, 3.63) is 48.0 Å². The van der Waals surface area contributed by atoms with Gasteiger partial charge in [-0.3, -0.25) is 9.78 Å². The van der Waals surface area contributed by atoms with E-state index in [0.29, 0.717) is 0 Å². The van der Waals surface area contributed by atoms with E-state index in [2.05, 4.69) is 15.0 Å². The van der Waals surface area contributed by atoms with Crippen molar-refractivity contribution in [3.63, 3.8) is 0 Å². The maximum Gasteiger partial charge on any atom is 0.287 e. The number of hydrogen-bond acceptors (Lipinski definition) is 5. The molecule has 1 atom stereocenters. The molecule has 2 heterocycles. The Morgan fingerprint density at radius 2 is 1.90 bits per heavy atom. The molecule has 7 nitrogen and oxygen atoms in total. The van der Waals surface area contributed by atoms with Gasteiger partial charge in [-0.2, -0.15) is 0 Å². The van der Waals surface area contributed by atoms with Gasteiger partial charge in [0.25, 0.3) is 15.9 Å². The Morgan fingerprint density at radius 3 is 2.52 bits per heavy atom. The molecule has 1 unspecified atom stereocenters. The van der Waals surface area contributed by atoms with E-state index < -0.39 is 15.9 Å². The van der Waals surface area contributed by atoms with Gasteiger partial charge in [0.1, 0.15) is 0 Å². The van der Waals surface area contributed by atoms with Crippen LogP contribution in [0.5, 0.6) is 0 Å². The normalized spacial score (nSPS) is 12.9. The number of nitrogens with zero attached hydrogens (tertiary/aromatic N) is 1. The Morgan fingerprint density at radius 1 is 1.24 bits per heavy atom. The predicted octanol–water partition coefficient (Wildman–Crippen LogP) is 1.07. The second-order valence-corrected chi connectivity index (χ2v) is 6.12. The molecule has 0 aliphatic heterocycles. The smallest absolute Gasteiger partial charge is 0.287 e. The second-order valence-electron chi connectivity index (χ2n) is 4.30. The summed E-state index contributed by atoms with van der Waals surface area (Å²) in [7, 11) is -2.43. The molecule has 2 N–H and O–H groups in total. The third-order valence-corrected chi connectivity index (χ3v) is 4.18. The van der Waals surface area contributed by atoms with Crippen LogP contribution in [0.15, 0.2) is 46.2 Å². The molecule has 0 bridgehead atoms. The van der Waals surface area contributed by atoms with Crippen LogP contribution in [0.1, 0.15) is 29.1 Å². The van der Waals surface area contributed by atoms with Crippen molar-refractivity contribution in [2.24, 2.45) is 0 Å². The number of rotatable bonds is 5. The van der Waals surface area contributed by atoms with Crippen LogP contribution < -0.4 is 10.0 Å². The third-order valence-electron chi connectivity index (χ3n) is 2.89. The molecule has 8 heteroatoms. The van der Waals surface area contributed by atoms with Crippen molar-refractivity contribution in [1.82, 2.24) is 15.0 Å². The lowest BCUT2D eigenvalue weighted by molar-refractivity contribution is 0.0906. The number of furan rings is 1. The number of carbonyl (C=O) groups excluding carboxylic acids is 1. The number of aromatic nitrogens is 1. The van der Waals surface area contributed by atoms with Crippen LogP contribution in [-0.2, 0) is 10.0 Å². The predicted molar refractivity (Wildman–Crippen MR) is 75.1 cm³/mol. The van der Waals surface area contributed by atoms with Gasteiger partial charge >= 0.3 is 0 Å². The lowest BCUT2D eigenvalue weighted by Crippen LogP contribution is -2.26. The number of hydrogen-bond donors (Lipinski definition) is 2. The zero-order valence-corrected chi connectivity index (χ0v) is 12.3. The highest BCUT2D eigenvalue weighted by Crippen LogP contribution is 2.15. The minimum atomic E-state index is -3.70. The fourth-order valence-corrected chi connectivity index (χ4v) is 2.34. The highest BCUT2D eigenvalue weighted by Gasteiger charge is 2.20. The van der Waals surface area contributed by atoms with E-state index in [0.717, 1.165) is 5.56 Å². The summed E-state index contributed by atoms with van der Waals surface area (Å²) in [5.41, 5.74) is 0.882. The van der Waals surface area contributed by atoms with E-state index in [1.165, 1.54) is 19.2 Å². The lowest BCUT2D eigenvalue weighted by atomic mass is 10.1. The van der Waals surface area contributed by atoms with E-state index in [4.69, 9.17) is 4.42 Å². The van der Waals surface area contributed by atoms with Crippen LogP contribution in [-0.4, -0.2) is 26.4 Å². The first-order valence-electron chi connectivity index (χ1n) is 6.18. The second kappa shape index (κ2) is 6.06. The molecule has 1 amide bonds. The summed E-state index contributed by atoms with van der Waals surface area (Å²) in [6.45, 7) is 1.81. The largest absolute Gasteiger partial charge is 0.438 e. The molecule has 112 valence electrons. The van der Waals surface area contributed by atoms with Gasteiger partial charge in [-0.1, -0.05) is 0 Å². The Bertz CT molecular complexity index is 725. The number of nitrogens with one attached hydrogen (secondary N) is 2. The van der Waals surface area contributed by atoms with Crippen molar-refractivity contribution < 1.29 is 17.6 Å². The quantitative estimate of drug-likeness (QED) is 0.860. The van der Waals surface area contributed by atoms with Gasteiger partial charge in [-0.05, 0) is 43.8 Å². The van der Waals surface area contributed by atoms with Crippen LogP contribution in [0.25, 0.3) is 0 Å². The zero-order chi connectivity index (χ0) is 15.5. The minimum absolute atomic E-state index is 0.0651. The average molecular weight is 309 g/mol. The molecule has 0 aliphatic rings. The fourth-order valence-electron chi connectivity index (χ4n) is 1.69. The first-order valence-corrected chi connectivity index (χ1v) is 7.66. The van der Waals surface area contributed by atoms with Crippen molar-refractivity contribution >= 4 is 15.9 Å². The number of pyridine rings is 1. The zero-order valence-electron chi connectivity index (χ0n) is 11.5. The van der Waals surface area contributed by atoms with E-state index in [1.54, 1.807) is 31.5 Å². The van der Waals surface area contributed by atoms with Gasteiger partial charge in [-0.25, -0.2) is 13.1 Å². The molecule has 0 saturated heterocycles. The van der Waals surface area contributed by atoms with Crippen molar-refractivity contribution in [2.75, 3.05) is 7.05 Å². The fraction of sp³-hybridized carbons (Fsp3) is 0.231. The standard InChI is InChI=1S/C13H15N3O4S/c1-9(10-5-7-15-8-6-10)16-13(17)11-3-4-12(20-11)21(18,19)14-2/h3-9,14H,1-2H3,(H,16,17). The summed E-state index contributed by atoms with van der Waals surface area (Å²) < 4.78 is 30.3. The van der Waals surface area contributed by atoms with Gasteiger partial charge in [-0.15, -0.1) is 0 Å². The van der Waals surface area contributed by atoms with Crippen LogP contribution in [0.4, 0.5) is 0 Å². The average Bonchev–Trinajstić information content (AvgIpc) is 2.99. The summed E-state index contributed by atoms with van der Waals surface area (Å²) in [5, 5.41) is 2.42. The van der Waals surface area contributed by atoms with Gasteiger partial charge in [0.2, 0.25) is 5.09 Å². The first-order chi connectivity index (χ1) is 9.94. The van der Waals surface area contributed by atoms with Crippen LogP contribution >= 0.6 is 0 Å². The molecule has 2 rings (SSSR count). The Labute approximate surface area is 122 Å². The van der Waals surface area contributed by atoms with E-state index in [9.17, 15) is 13.2 Å². The number of sulfonamides is 1. The van der Waals surface area contributed by atoms with Crippen molar-refractivity contribution in [1.29, 1.82) is 0 Å². The number of amides is 1. The van der Waals surface area contributed by atoms with E-state index in [1.807, 2.05) is 0 Å². The molecule has 0 aromatic carbocycles. The van der Waals surface area contributed by atoms with Crippen molar-refractivity contribution in [3.8, 4) is 0 Å². The maximum atomic E-state index is 12.0. The highest BCUT2D eigenvalue weighted by molar-refractivity contribution is 7.89. The summed E-state index contributed by atoms with van der Waals surface area (Å²) in [6.07, 6.45) is 3.25. The molecule has 21 heavy (non-hydrogen) atoms. The third kappa shape index (κ3) is 3.47. The summed E-state index contributed by atoms with van der Waals surface area (Å²) in [5.74, 6) is -0.554. The monoisotopic (exact) mass is 309 g/mol. The van der Waals surface area contributed by atoms with Gasteiger partial charge in [0.15, 0.2) is 5.76 Å². The molecule has 0 saturated carbocycles. The molecule has 0 radical (unpaired) electrons. The molecular formula is C13H15N3O4S. The van der Waals surface area contributed by atoms with E-state index >= 15 is 0 Å². The Balaban J connectivity index is 2.11. The first kappa shape index (κ1) is 15.2. The minimum Gasteiger partial charge on any atom is -0.438 e. The maximum absolute atomic E-state index is 12.0. The Kier molecular flexibility index (Phi) is 4.39. The topological polar surface area (TPSA) is 101 Å². The molecule has 2 aromatic rings. The van der Waals surface area contributed by atoms with E-state index in [-0.39, 0.29) is 16.9 Å². The lowest BCUT2D eigenvalue weighted by Gasteiger charge is -2.12. The van der Waals surface area contributed by atoms with Crippen LogP contribution in [0.3, 0.4) is 0 Å². The SMILES string of the molecule is CNS(=O)(=O)c1ccc(C(=O)NC(C)c2ccncc2)o1. The summed E-state index contributed by atoms with van der Waals surface area (Å²) in [6, 6.07) is 5.86. The summed E-state index contributed by atoms with van der Waals surface area (Å²) in [4.78, 5) is 15.9. The molecule has 0 spiro atoms. The van der Waals surface area contributed by atoms with Crippen molar-refractivity contribution in [2.45, 2.75) is 18.1 Å².